The first-order chi connectivity index (χ1) is 8.65. The van der Waals surface area contributed by atoms with Crippen molar-refractivity contribution < 1.29 is 14.2 Å². The molecule has 102 valence electrons. The zero-order chi connectivity index (χ0) is 13.5. The van der Waals surface area contributed by atoms with Crippen molar-refractivity contribution in [2.24, 2.45) is 5.92 Å². The van der Waals surface area contributed by atoms with Crippen LogP contribution >= 0.6 is 12.6 Å². The molecule has 1 atom stereocenters. The van der Waals surface area contributed by atoms with Crippen LogP contribution in [0.2, 0.25) is 0 Å². The lowest BCUT2D eigenvalue weighted by atomic mass is 10.1. The largest absolute Gasteiger partial charge is 0.493 e. The Bertz CT molecular complexity index is 350. The molecule has 18 heavy (non-hydrogen) atoms. The van der Waals surface area contributed by atoms with E-state index in [1.54, 1.807) is 14.2 Å². The second-order valence-electron chi connectivity index (χ2n) is 4.27. The number of benzene rings is 1. The molecule has 4 heteroatoms. The van der Waals surface area contributed by atoms with E-state index in [0.717, 1.165) is 17.7 Å². The highest BCUT2D eigenvalue weighted by molar-refractivity contribution is 7.80. The van der Waals surface area contributed by atoms with Gasteiger partial charge in [-0.2, -0.15) is 12.6 Å². The molecular weight excluding hydrogens is 248 g/mol. The summed E-state index contributed by atoms with van der Waals surface area (Å²) in [4.78, 5) is 0. The zero-order valence-corrected chi connectivity index (χ0v) is 12.4. The average Bonchev–Trinajstić information content (AvgIpc) is 2.40. The number of thiol groups is 1. The minimum absolute atomic E-state index is 0.434. The molecule has 1 unspecified atom stereocenters. The second-order valence-corrected chi connectivity index (χ2v) is 4.63. The highest BCUT2D eigenvalue weighted by Crippen LogP contribution is 2.38. The van der Waals surface area contributed by atoms with Crippen molar-refractivity contribution >= 4 is 12.6 Å². The number of rotatable bonds is 7. The number of hydrogen-bond acceptors (Lipinski definition) is 4. The van der Waals surface area contributed by atoms with Crippen LogP contribution < -0.4 is 14.2 Å². The lowest BCUT2D eigenvalue weighted by Gasteiger charge is -2.18. The molecule has 0 aromatic heterocycles. The molecule has 0 heterocycles. The average molecular weight is 270 g/mol. The van der Waals surface area contributed by atoms with Crippen LogP contribution in [0.4, 0.5) is 0 Å². The predicted molar refractivity (Wildman–Crippen MR) is 77.4 cm³/mol. The van der Waals surface area contributed by atoms with Gasteiger partial charge in [-0.15, -0.1) is 0 Å². The lowest BCUT2D eigenvalue weighted by Crippen LogP contribution is -2.13. The van der Waals surface area contributed by atoms with Crippen molar-refractivity contribution in [3.63, 3.8) is 0 Å². The molecule has 0 radical (unpaired) electrons. The van der Waals surface area contributed by atoms with Crippen molar-refractivity contribution in [1.29, 1.82) is 0 Å². The third-order valence-electron chi connectivity index (χ3n) is 2.90. The molecule has 0 aliphatic rings. The van der Waals surface area contributed by atoms with Crippen LogP contribution in [0, 0.1) is 12.8 Å². The predicted octanol–water partition coefficient (Wildman–Crippen LogP) is 3.35. The van der Waals surface area contributed by atoms with Gasteiger partial charge in [-0.3, -0.25) is 0 Å². The third kappa shape index (κ3) is 3.73. The Balaban J connectivity index is 2.91. The van der Waals surface area contributed by atoms with E-state index in [2.05, 4.69) is 19.6 Å². The van der Waals surface area contributed by atoms with Crippen LogP contribution in [-0.4, -0.2) is 26.6 Å². The molecule has 1 aromatic rings. The van der Waals surface area contributed by atoms with Gasteiger partial charge in [-0.1, -0.05) is 6.92 Å². The van der Waals surface area contributed by atoms with E-state index in [1.807, 2.05) is 19.1 Å². The summed E-state index contributed by atoms with van der Waals surface area (Å²) in [5.74, 6) is 3.34. The highest BCUT2D eigenvalue weighted by atomic mass is 32.1. The summed E-state index contributed by atoms with van der Waals surface area (Å²) in [7, 11) is 3.27. The first kappa shape index (κ1) is 15.0. The zero-order valence-electron chi connectivity index (χ0n) is 11.5. The van der Waals surface area contributed by atoms with Crippen molar-refractivity contribution in [3.8, 4) is 17.2 Å². The fourth-order valence-electron chi connectivity index (χ4n) is 1.65. The second kappa shape index (κ2) is 7.41. The molecule has 0 N–H and O–H groups in total. The molecule has 0 amide bonds. The smallest absolute Gasteiger partial charge is 0.203 e. The molecule has 0 spiro atoms. The van der Waals surface area contributed by atoms with Crippen LogP contribution in [0.15, 0.2) is 12.1 Å². The lowest BCUT2D eigenvalue weighted by molar-refractivity contribution is 0.235. The van der Waals surface area contributed by atoms with Crippen molar-refractivity contribution in [2.75, 3.05) is 26.6 Å². The quantitative estimate of drug-likeness (QED) is 0.770. The minimum atomic E-state index is 0.434. The van der Waals surface area contributed by atoms with Crippen molar-refractivity contribution in [1.82, 2.24) is 0 Å². The van der Waals surface area contributed by atoms with E-state index >= 15 is 0 Å². The summed E-state index contributed by atoms with van der Waals surface area (Å²) in [6.07, 6.45) is 1.04. The van der Waals surface area contributed by atoms with Gasteiger partial charge in [0.25, 0.3) is 0 Å². The minimum Gasteiger partial charge on any atom is -0.493 e. The monoisotopic (exact) mass is 270 g/mol. The van der Waals surface area contributed by atoms with E-state index in [0.29, 0.717) is 29.8 Å². The maximum atomic E-state index is 5.85. The number of aryl methyl sites for hydroxylation is 1. The van der Waals surface area contributed by atoms with Crippen LogP contribution in [0.1, 0.15) is 18.9 Å². The van der Waals surface area contributed by atoms with Gasteiger partial charge in [0.05, 0.1) is 20.8 Å². The van der Waals surface area contributed by atoms with Crippen molar-refractivity contribution in [3.05, 3.63) is 17.7 Å². The summed E-state index contributed by atoms with van der Waals surface area (Å²) >= 11 is 4.31. The SMILES string of the molecule is CCC(CS)COc1c(OC)cc(C)cc1OC. The first-order valence-electron chi connectivity index (χ1n) is 6.12. The van der Waals surface area contributed by atoms with Gasteiger partial charge in [-0.05, 0) is 36.8 Å². The number of methoxy groups -OCH3 is 2. The summed E-state index contributed by atoms with van der Waals surface area (Å²) < 4.78 is 16.5. The Morgan fingerprint density at radius 2 is 1.72 bits per heavy atom. The Morgan fingerprint density at radius 1 is 1.17 bits per heavy atom. The Morgan fingerprint density at radius 3 is 2.11 bits per heavy atom. The van der Waals surface area contributed by atoms with Crippen LogP contribution in [0.5, 0.6) is 17.2 Å². The summed E-state index contributed by atoms with van der Waals surface area (Å²) in [6.45, 7) is 4.75. The normalized spacial score (nSPS) is 12.1. The number of hydrogen-bond donors (Lipinski definition) is 1. The van der Waals surface area contributed by atoms with Gasteiger partial charge in [0.15, 0.2) is 11.5 Å². The Hall–Kier alpha value is -1.03. The Kier molecular flexibility index (Phi) is 6.19. The standard InChI is InChI=1S/C14H22O3S/c1-5-11(9-18)8-17-14-12(15-3)6-10(2)7-13(14)16-4/h6-7,11,18H,5,8-9H2,1-4H3. The van der Waals surface area contributed by atoms with Crippen LogP contribution in [0.3, 0.4) is 0 Å². The highest BCUT2D eigenvalue weighted by Gasteiger charge is 2.14. The van der Waals surface area contributed by atoms with E-state index in [9.17, 15) is 0 Å². The van der Waals surface area contributed by atoms with Gasteiger partial charge in [-0.25, -0.2) is 0 Å². The van der Waals surface area contributed by atoms with E-state index < -0.39 is 0 Å². The van der Waals surface area contributed by atoms with E-state index in [-0.39, 0.29) is 0 Å². The summed E-state index contributed by atoms with van der Waals surface area (Å²) in [6, 6.07) is 3.89. The van der Waals surface area contributed by atoms with Gasteiger partial charge >= 0.3 is 0 Å². The fourth-order valence-corrected chi connectivity index (χ4v) is 2.02. The maximum absolute atomic E-state index is 5.85. The summed E-state index contributed by atoms with van der Waals surface area (Å²) in [5, 5.41) is 0. The van der Waals surface area contributed by atoms with Gasteiger partial charge in [0.1, 0.15) is 0 Å². The van der Waals surface area contributed by atoms with Gasteiger partial charge < -0.3 is 14.2 Å². The van der Waals surface area contributed by atoms with Crippen LogP contribution in [0.25, 0.3) is 0 Å². The molecule has 3 nitrogen and oxygen atoms in total. The molecular formula is C14H22O3S. The molecule has 0 saturated heterocycles. The molecule has 0 fully saturated rings. The maximum Gasteiger partial charge on any atom is 0.203 e. The topological polar surface area (TPSA) is 27.7 Å². The molecule has 0 aliphatic heterocycles. The van der Waals surface area contributed by atoms with Crippen molar-refractivity contribution in [2.45, 2.75) is 20.3 Å². The molecule has 1 rings (SSSR count). The van der Waals surface area contributed by atoms with Gasteiger partial charge in [0.2, 0.25) is 5.75 Å². The van der Waals surface area contributed by atoms with E-state index in [1.165, 1.54) is 0 Å². The van der Waals surface area contributed by atoms with E-state index in [4.69, 9.17) is 14.2 Å². The third-order valence-corrected chi connectivity index (χ3v) is 3.42. The van der Waals surface area contributed by atoms with Crippen LogP contribution in [-0.2, 0) is 0 Å². The number of ether oxygens (including phenoxy) is 3. The van der Waals surface area contributed by atoms with Gasteiger partial charge in [0, 0.05) is 5.92 Å². The molecule has 0 bridgehead atoms. The molecule has 1 aromatic carbocycles. The molecule has 0 saturated carbocycles. The Labute approximate surface area is 115 Å². The fraction of sp³-hybridized carbons (Fsp3) is 0.571. The first-order valence-corrected chi connectivity index (χ1v) is 6.75. The molecule has 0 aliphatic carbocycles. The summed E-state index contributed by atoms with van der Waals surface area (Å²) in [5.41, 5.74) is 1.08.